The van der Waals surface area contributed by atoms with Crippen LogP contribution in [0.3, 0.4) is 0 Å². The SMILES string of the molecule is CCO[C@@H]1COC2(CCN(C(=O)c3cc(C)c(C)s3)CC2)C1. The van der Waals surface area contributed by atoms with Crippen molar-refractivity contribution in [2.24, 2.45) is 0 Å². The van der Waals surface area contributed by atoms with Crippen LogP contribution in [0.2, 0.25) is 0 Å². The summed E-state index contributed by atoms with van der Waals surface area (Å²) < 4.78 is 11.7. The Bertz CT molecular complexity index is 527. The van der Waals surface area contributed by atoms with E-state index in [4.69, 9.17) is 9.47 Å². The van der Waals surface area contributed by atoms with Crippen LogP contribution in [-0.4, -0.2) is 48.8 Å². The van der Waals surface area contributed by atoms with Crippen LogP contribution in [0.4, 0.5) is 0 Å². The van der Waals surface area contributed by atoms with Gasteiger partial charge in [0.25, 0.3) is 5.91 Å². The number of carbonyl (C=O) groups is 1. The Labute approximate surface area is 136 Å². The molecule has 3 heterocycles. The van der Waals surface area contributed by atoms with Crippen LogP contribution in [0.5, 0.6) is 0 Å². The summed E-state index contributed by atoms with van der Waals surface area (Å²) in [6.45, 7) is 9.17. The van der Waals surface area contributed by atoms with Crippen LogP contribution in [0.25, 0.3) is 0 Å². The normalized spacial score (nSPS) is 24.1. The summed E-state index contributed by atoms with van der Waals surface area (Å²) in [6.07, 6.45) is 3.05. The summed E-state index contributed by atoms with van der Waals surface area (Å²) in [4.78, 5) is 16.7. The van der Waals surface area contributed by atoms with E-state index >= 15 is 0 Å². The van der Waals surface area contributed by atoms with Crippen molar-refractivity contribution in [3.63, 3.8) is 0 Å². The van der Waals surface area contributed by atoms with Crippen LogP contribution in [0.1, 0.15) is 46.3 Å². The van der Waals surface area contributed by atoms with E-state index in [0.717, 1.165) is 43.8 Å². The number of ether oxygens (including phenoxy) is 2. The molecule has 2 fully saturated rings. The summed E-state index contributed by atoms with van der Waals surface area (Å²) in [5.74, 6) is 0.176. The molecule has 1 aromatic heterocycles. The van der Waals surface area contributed by atoms with E-state index in [1.54, 1.807) is 11.3 Å². The highest BCUT2D eigenvalue weighted by Crippen LogP contribution is 2.37. The number of likely N-dealkylation sites (tertiary alicyclic amines) is 1. The lowest BCUT2D eigenvalue weighted by Crippen LogP contribution is -2.46. The van der Waals surface area contributed by atoms with Crippen molar-refractivity contribution in [2.75, 3.05) is 26.3 Å². The molecule has 0 unspecified atom stereocenters. The molecule has 2 aliphatic heterocycles. The highest BCUT2D eigenvalue weighted by atomic mass is 32.1. The summed E-state index contributed by atoms with van der Waals surface area (Å²) in [5, 5.41) is 0. The average molecular weight is 323 g/mol. The number of carbonyl (C=O) groups excluding carboxylic acids is 1. The Morgan fingerprint density at radius 2 is 2.18 bits per heavy atom. The fourth-order valence-electron chi connectivity index (χ4n) is 3.45. The highest BCUT2D eigenvalue weighted by molar-refractivity contribution is 7.14. The maximum Gasteiger partial charge on any atom is 0.263 e. The largest absolute Gasteiger partial charge is 0.376 e. The molecule has 1 aromatic rings. The van der Waals surface area contributed by atoms with Gasteiger partial charge in [0.2, 0.25) is 0 Å². The maximum absolute atomic E-state index is 12.6. The molecular weight excluding hydrogens is 298 g/mol. The second kappa shape index (κ2) is 6.30. The molecule has 5 heteroatoms. The monoisotopic (exact) mass is 323 g/mol. The van der Waals surface area contributed by atoms with Gasteiger partial charge in [0, 0.05) is 31.0 Å². The van der Waals surface area contributed by atoms with Crippen LogP contribution in [-0.2, 0) is 9.47 Å². The molecule has 0 aliphatic carbocycles. The predicted molar refractivity (Wildman–Crippen MR) is 87.6 cm³/mol. The van der Waals surface area contributed by atoms with Crippen molar-refractivity contribution in [3.8, 4) is 0 Å². The van der Waals surface area contributed by atoms with Gasteiger partial charge in [-0.15, -0.1) is 11.3 Å². The topological polar surface area (TPSA) is 38.8 Å². The molecular formula is C17H25NO3S. The Balaban J connectivity index is 1.59. The minimum Gasteiger partial charge on any atom is -0.376 e. The lowest BCUT2D eigenvalue weighted by molar-refractivity contribution is -0.0406. The van der Waals surface area contributed by atoms with Gasteiger partial charge < -0.3 is 14.4 Å². The molecule has 22 heavy (non-hydrogen) atoms. The first kappa shape index (κ1) is 16.0. The first-order valence-corrected chi connectivity index (χ1v) is 8.96. The number of amides is 1. The number of aryl methyl sites for hydroxylation is 2. The van der Waals surface area contributed by atoms with E-state index in [1.807, 2.05) is 17.9 Å². The minimum absolute atomic E-state index is 0.0576. The van der Waals surface area contributed by atoms with E-state index in [2.05, 4.69) is 13.8 Å². The molecule has 122 valence electrons. The molecule has 1 spiro atoms. The lowest BCUT2D eigenvalue weighted by Gasteiger charge is -2.38. The van der Waals surface area contributed by atoms with Gasteiger partial charge in [-0.2, -0.15) is 0 Å². The third-order valence-electron chi connectivity index (χ3n) is 4.92. The van der Waals surface area contributed by atoms with Crippen molar-refractivity contribution in [1.29, 1.82) is 0 Å². The fraction of sp³-hybridized carbons (Fsp3) is 0.706. The number of nitrogens with zero attached hydrogens (tertiary/aromatic N) is 1. The van der Waals surface area contributed by atoms with Crippen LogP contribution >= 0.6 is 11.3 Å². The third-order valence-corrected chi connectivity index (χ3v) is 6.06. The van der Waals surface area contributed by atoms with E-state index in [9.17, 15) is 4.79 Å². The first-order valence-electron chi connectivity index (χ1n) is 8.15. The quantitative estimate of drug-likeness (QED) is 0.857. The van der Waals surface area contributed by atoms with Gasteiger partial charge in [0.15, 0.2) is 0 Å². The summed E-state index contributed by atoms with van der Waals surface area (Å²) in [5.41, 5.74) is 1.15. The van der Waals surface area contributed by atoms with Crippen molar-refractivity contribution < 1.29 is 14.3 Å². The Hall–Kier alpha value is -0.910. The van der Waals surface area contributed by atoms with Crippen molar-refractivity contribution >= 4 is 17.2 Å². The Morgan fingerprint density at radius 1 is 1.45 bits per heavy atom. The average Bonchev–Trinajstić information content (AvgIpc) is 3.04. The van der Waals surface area contributed by atoms with Gasteiger partial charge in [-0.05, 0) is 45.2 Å². The smallest absolute Gasteiger partial charge is 0.263 e. The minimum atomic E-state index is -0.0576. The van der Waals surface area contributed by atoms with Crippen molar-refractivity contribution in [2.45, 2.75) is 51.7 Å². The summed E-state index contributed by atoms with van der Waals surface area (Å²) >= 11 is 1.60. The lowest BCUT2D eigenvalue weighted by atomic mass is 9.88. The van der Waals surface area contributed by atoms with E-state index in [-0.39, 0.29) is 17.6 Å². The first-order chi connectivity index (χ1) is 10.5. The second-order valence-corrected chi connectivity index (χ2v) is 7.67. The van der Waals surface area contributed by atoms with Crippen molar-refractivity contribution in [1.82, 2.24) is 4.90 Å². The molecule has 0 saturated carbocycles. The number of rotatable bonds is 3. The predicted octanol–water partition coefficient (Wildman–Crippen LogP) is 3.17. The van der Waals surface area contributed by atoms with E-state index < -0.39 is 0 Å². The Kier molecular flexibility index (Phi) is 4.57. The van der Waals surface area contributed by atoms with Gasteiger partial charge in [-0.3, -0.25) is 4.79 Å². The number of thiophene rings is 1. The summed E-state index contributed by atoms with van der Waals surface area (Å²) in [6, 6.07) is 2.02. The second-order valence-electron chi connectivity index (χ2n) is 6.42. The molecule has 2 saturated heterocycles. The maximum atomic E-state index is 12.6. The van der Waals surface area contributed by atoms with Gasteiger partial charge in [-0.25, -0.2) is 0 Å². The zero-order valence-corrected chi connectivity index (χ0v) is 14.5. The van der Waals surface area contributed by atoms with Crippen LogP contribution < -0.4 is 0 Å². The molecule has 1 amide bonds. The molecule has 3 rings (SSSR count). The number of hydrogen-bond acceptors (Lipinski definition) is 4. The van der Waals surface area contributed by atoms with Crippen LogP contribution in [0, 0.1) is 13.8 Å². The van der Waals surface area contributed by atoms with Crippen molar-refractivity contribution in [3.05, 3.63) is 21.4 Å². The Morgan fingerprint density at radius 3 is 2.77 bits per heavy atom. The van der Waals surface area contributed by atoms with E-state index in [1.165, 1.54) is 10.4 Å². The molecule has 0 radical (unpaired) electrons. The van der Waals surface area contributed by atoms with Gasteiger partial charge in [0.1, 0.15) is 0 Å². The van der Waals surface area contributed by atoms with Crippen LogP contribution in [0.15, 0.2) is 6.07 Å². The van der Waals surface area contributed by atoms with Gasteiger partial charge in [-0.1, -0.05) is 0 Å². The molecule has 2 aliphatic rings. The molecule has 4 nitrogen and oxygen atoms in total. The third kappa shape index (κ3) is 3.07. The molecule has 0 bridgehead atoms. The molecule has 0 N–H and O–H groups in total. The zero-order chi connectivity index (χ0) is 15.7. The van der Waals surface area contributed by atoms with Gasteiger partial charge in [0.05, 0.1) is 23.2 Å². The zero-order valence-electron chi connectivity index (χ0n) is 13.7. The molecule has 1 atom stereocenters. The fourth-order valence-corrected chi connectivity index (χ4v) is 4.45. The number of piperidine rings is 1. The van der Waals surface area contributed by atoms with E-state index in [0.29, 0.717) is 6.61 Å². The summed E-state index contributed by atoms with van der Waals surface area (Å²) in [7, 11) is 0. The number of hydrogen-bond donors (Lipinski definition) is 0. The highest BCUT2D eigenvalue weighted by Gasteiger charge is 2.43. The standard InChI is InChI=1S/C17H25NO3S/c1-4-20-14-10-17(21-11-14)5-7-18(8-6-17)16(19)15-9-12(2)13(3)22-15/h9,14H,4-8,10-11H2,1-3H3/t14-/m0/s1. The van der Waals surface area contributed by atoms with Gasteiger partial charge >= 0.3 is 0 Å². The molecule has 0 aromatic carbocycles.